The molecule has 118 valence electrons. The predicted molar refractivity (Wildman–Crippen MR) is 74.2 cm³/mol. The molecule has 0 unspecified atom stereocenters. The van der Waals surface area contributed by atoms with Crippen LogP contribution in [0, 0.1) is 5.92 Å². The Morgan fingerprint density at radius 2 is 1.90 bits per heavy atom. The number of esters is 1. The minimum Gasteiger partial charge on any atom is -0.469 e. The van der Waals surface area contributed by atoms with Crippen LogP contribution in [-0.2, 0) is 19.7 Å². The Balaban J connectivity index is 2.75. The first-order chi connectivity index (χ1) is 9.16. The highest BCUT2D eigenvalue weighted by Gasteiger charge is 2.39. The highest BCUT2D eigenvalue weighted by molar-refractivity contribution is 7.86. The largest absolute Gasteiger partial charge is 0.469 e. The fourth-order valence-electron chi connectivity index (χ4n) is 2.07. The van der Waals surface area contributed by atoms with E-state index in [9.17, 15) is 18.3 Å². The lowest BCUT2D eigenvalue weighted by atomic mass is 9.99. The first-order valence-corrected chi connectivity index (χ1v) is 7.99. The molecule has 8 heteroatoms. The molecule has 1 aliphatic rings. The van der Waals surface area contributed by atoms with E-state index < -0.39 is 15.7 Å². The Morgan fingerprint density at radius 1 is 1.40 bits per heavy atom. The van der Waals surface area contributed by atoms with Crippen molar-refractivity contribution in [3.63, 3.8) is 0 Å². The van der Waals surface area contributed by atoms with Gasteiger partial charge in [0.25, 0.3) is 10.2 Å². The van der Waals surface area contributed by atoms with Crippen LogP contribution in [0.4, 0.5) is 0 Å². The van der Waals surface area contributed by atoms with Crippen molar-refractivity contribution in [2.24, 2.45) is 5.92 Å². The Hall–Kier alpha value is -0.700. The third-order valence-corrected chi connectivity index (χ3v) is 6.10. The van der Waals surface area contributed by atoms with Crippen LogP contribution in [0.2, 0.25) is 0 Å². The number of hydrogen-bond donors (Lipinski definition) is 1. The molecule has 0 amide bonds. The van der Waals surface area contributed by atoms with Crippen LogP contribution in [0.15, 0.2) is 0 Å². The maximum atomic E-state index is 12.5. The molecule has 1 rings (SSSR count). The van der Waals surface area contributed by atoms with Crippen molar-refractivity contribution >= 4 is 16.2 Å². The number of methoxy groups -OCH3 is 1. The van der Waals surface area contributed by atoms with E-state index in [0.717, 1.165) is 0 Å². The maximum absolute atomic E-state index is 12.5. The van der Waals surface area contributed by atoms with Gasteiger partial charge in [-0.3, -0.25) is 4.79 Å². The van der Waals surface area contributed by atoms with E-state index >= 15 is 0 Å². The molecule has 0 bridgehead atoms. The summed E-state index contributed by atoms with van der Waals surface area (Å²) in [5, 5.41) is 9.29. The molecule has 1 aliphatic heterocycles. The maximum Gasteiger partial charge on any atom is 0.308 e. The fourth-order valence-corrected chi connectivity index (χ4v) is 3.77. The smallest absolute Gasteiger partial charge is 0.308 e. The summed E-state index contributed by atoms with van der Waals surface area (Å²) >= 11 is 0. The van der Waals surface area contributed by atoms with Gasteiger partial charge in [0.15, 0.2) is 0 Å². The number of hydrogen-bond acceptors (Lipinski definition) is 5. The summed E-state index contributed by atoms with van der Waals surface area (Å²) in [5.74, 6) is -0.520. The molecule has 0 aromatic heterocycles. The number of ether oxygens (including phenoxy) is 1. The lowest BCUT2D eigenvalue weighted by Crippen LogP contribution is -2.54. The average molecular weight is 308 g/mol. The van der Waals surface area contributed by atoms with Crippen molar-refractivity contribution in [1.82, 2.24) is 8.61 Å². The van der Waals surface area contributed by atoms with Gasteiger partial charge in [0, 0.05) is 20.1 Å². The average Bonchev–Trinajstić information content (AvgIpc) is 2.45. The first kappa shape index (κ1) is 17.4. The zero-order chi connectivity index (χ0) is 15.6. The highest BCUT2D eigenvalue weighted by atomic mass is 32.2. The third-order valence-electron chi connectivity index (χ3n) is 3.90. The summed E-state index contributed by atoms with van der Waals surface area (Å²) in [5.41, 5.74) is -0.863. The summed E-state index contributed by atoms with van der Waals surface area (Å²) in [6.45, 7) is 3.63. The van der Waals surface area contributed by atoms with Crippen LogP contribution < -0.4 is 0 Å². The number of carbonyl (C=O) groups excluding carboxylic acids is 1. The van der Waals surface area contributed by atoms with Crippen LogP contribution in [0.1, 0.15) is 26.7 Å². The zero-order valence-corrected chi connectivity index (χ0v) is 13.3. The molecule has 0 aliphatic carbocycles. The van der Waals surface area contributed by atoms with Gasteiger partial charge in [0.2, 0.25) is 0 Å². The van der Waals surface area contributed by atoms with E-state index in [4.69, 9.17) is 0 Å². The molecular weight excluding hydrogens is 284 g/mol. The van der Waals surface area contributed by atoms with Gasteiger partial charge in [-0.2, -0.15) is 17.0 Å². The number of nitrogens with zero attached hydrogens (tertiary/aromatic N) is 2. The molecule has 1 saturated heterocycles. The van der Waals surface area contributed by atoms with E-state index in [2.05, 4.69) is 4.74 Å². The monoisotopic (exact) mass is 308 g/mol. The molecule has 0 aromatic rings. The van der Waals surface area contributed by atoms with Crippen molar-refractivity contribution in [3.8, 4) is 0 Å². The van der Waals surface area contributed by atoms with Crippen molar-refractivity contribution in [3.05, 3.63) is 0 Å². The normalized spacial score (nSPS) is 19.3. The molecule has 0 radical (unpaired) electrons. The Labute approximate surface area is 120 Å². The summed E-state index contributed by atoms with van der Waals surface area (Å²) in [7, 11) is -0.841. The number of aliphatic hydroxyl groups is 1. The first-order valence-electron chi connectivity index (χ1n) is 6.59. The molecule has 0 spiro atoms. The van der Waals surface area contributed by atoms with Gasteiger partial charge in [-0.1, -0.05) is 0 Å². The van der Waals surface area contributed by atoms with Gasteiger partial charge < -0.3 is 9.84 Å². The highest BCUT2D eigenvalue weighted by Crippen LogP contribution is 2.25. The molecule has 1 N–H and O–H groups in total. The number of piperidine rings is 1. The van der Waals surface area contributed by atoms with Crippen LogP contribution in [0.3, 0.4) is 0 Å². The molecule has 0 aromatic carbocycles. The molecular formula is C12H24N2O5S. The molecule has 0 saturated carbocycles. The molecule has 7 nitrogen and oxygen atoms in total. The van der Waals surface area contributed by atoms with E-state index in [1.807, 2.05) is 0 Å². The topological polar surface area (TPSA) is 87.2 Å². The molecule has 1 heterocycles. The minimum atomic E-state index is -3.63. The quantitative estimate of drug-likeness (QED) is 0.712. The standard InChI is InChI=1S/C12H24N2O5S/c1-12(2,9-15)13(3)20(17,18)14-7-5-10(6-8-14)11(16)19-4/h10,15H,5-9H2,1-4H3. The summed E-state index contributed by atoms with van der Waals surface area (Å²) < 4.78 is 32.1. The Kier molecular flexibility index (Phi) is 5.54. The molecule has 0 atom stereocenters. The van der Waals surface area contributed by atoms with Crippen molar-refractivity contribution in [2.75, 3.05) is 33.9 Å². The van der Waals surface area contributed by atoms with Crippen molar-refractivity contribution in [1.29, 1.82) is 0 Å². The van der Waals surface area contributed by atoms with Crippen LogP contribution >= 0.6 is 0 Å². The number of aliphatic hydroxyl groups excluding tert-OH is 1. The van der Waals surface area contributed by atoms with E-state index in [-0.39, 0.29) is 31.6 Å². The van der Waals surface area contributed by atoms with E-state index in [0.29, 0.717) is 12.8 Å². The van der Waals surface area contributed by atoms with Gasteiger partial charge >= 0.3 is 5.97 Å². The Morgan fingerprint density at radius 3 is 2.30 bits per heavy atom. The SMILES string of the molecule is COC(=O)C1CCN(S(=O)(=O)N(C)C(C)(C)CO)CC1. The zero-order valence-electron chi connectivity index (χ0n) is 12.5. The predicted octanol–water partition coefficient (Wildman–Crippen LogP) is -0.181. The van der Waals surface area contributed by atoms with Gasteiger partial charge in [-0.25, -0.2) is 0 Å². The fraction of sp³-hybridized carbons (Fsp3) is 0.917. The lowest BCUT2D eigenvalue weighted by molar-refractivity contribution is -0.146. The second-order valence-corrected chi connectivity index (χ2v) is 7.60. The second-order valence-electron chi connectivity index (χ2n) is 5.64. The van der Waals surface area contributed by atoms with Gasteiger partial charge in [-0.15, -0.1) is 0 Å². The van der Waals surface area contributed by atoms with Crippen LogP contribution in [0.5, 0.6) is 0 Å². The van der Waals surface area contributed by atoms with Gasteiger partial charge in [0.05, 0.1) is 25.2 Å². The number of rotatable bonds is 5. The summed E-state index contributed by atoms with van der Waals surface area (Å²) in [6, 6.07) is 0. The summed E-state index contributed by atoms with van der Waals surface area (Å²) in [4.78, 5) is 11.4. The van der Waals surface area contributed by atoms with E-state index in [1.165, 1.54) is 22.8 Å². The number of carbonyl (C=O) groups is 1. The number of likely N-dealkylation sites (N-methyl/N-ethyl adjacent to an activating group) is 1. The van der Waals surface area contributed by atoms with Crippen molar-refractivity contribution < 1.29 is 23.1 Å². The molecule has 1 fully saturated rings. The van der Waals surface area contributed by atoms with Gasteiger partial charge in [-0.05, 0) is 26.7 Å². The third kappa shape index (κ3) is 3.49. The molecule has 20 heavy (non-hydrogen) atoms. The second kappa shape index (κ2) is 6.38. The van der Waals surface area contributed by atoms with Gasteiger partial charge in [0.1, 0.15) is 0 Å². The van der Waals surface area contributed by atoms with Crippen LogP contribution in [-0.4, -0.2) is 67.5 Å². The summed E-state index contributed by atoms with van der Waals surface area (Å²) in [6.07, 6.45) is 0.915. The Bertz CT molecular complexity index is 441. The van der Waals surface area contributed by atoms with Crippen LogP contribution in [0.25, 0.3) is 0 Å². The lowest BCUT2D eigenvalue weighted by Gasteiger charge is -2.38. The van der Waals surface area contributed by atoms with E-state index in [1.54, 1.807) is 13.8 Å². The van der Waals surface area contributed by atoms with Crippen molar-refractivity contribution in [2.45, 2.75) is 32.2 Å². The minimum absolute atomic E-state index is 0.234.